The van der Waals surface area contributed by atoms with Crippen molar-refractivity contribution in [2.75, 3.05) is 13.1 Å². The molecule has 0 heterocycles. The van der Waals surface area contributed by atoms with Crippen molar-refractivity contribution in [3.63, 3.8) is 0 Å². The number of hydrogen-bond donors (Lipinski definition) is 1. The van der Waals surface area contributed by atoms with E-state index >= 15 is 0 Å². The summed E-state index contributed by atoms with van der Waals surface area (Å²) in [4.78, 5) is 2.33. The van der Waals surface area contributed by atoms with Crippen LogP contribution in [0.5, 0.6) is 0 Å². The number of hydrogen-bond acceptors (Lipinski definition) is 2. The second-order valence-corrected chi connectivity index (χ2v) is 5.68. The van der Waals surface area contributed by atoms with Gasteiger partial charge in [-0.1, -0.05) is 37.1 Å². The van der Waals surface area contributed by atoms with Gasteiger partial charge < -0.3 is 5.73 Å². The van der Waals surface area contributed by atoms with Crippen molar-refractivity contribution in [2.45, 2.75) is 38.8 Å². The van der Waals surface area contributed by atoms with Gasteiger partial charge in [-0.15, -0.1) is 0 Å². The fourth-order valence-electron chi connectivity index (χ4n) is 3.13. The smallest absolute Gasteiger partial charge is 0.146 e. The van der Waals surface area contributed by atoms with Crippen LogP contribution in [0.3, 0.4) is 0 Å². The van der Waals surface area contributed by atoms with Crippen molar-refractivity contribution in [2.24, 2.45) is 11.7 Å². The van der Waals surface area contributed by atoms with E-state index in [1.165, 1.54) is 12.8 Å². The number of nitrogens with two attached hydrogens (primary N) is 1. The zero-order chi connectivity index (χ0) is 13.8. The topological polar surface area (TPSA) is 29.3 Å². The Hall–Kier alpha value is -0.640. The van der Waals surface area contributed by atoms with Crippen LogP contribution in [0.4, 0.5) is 4.39 Å². The van der Waals surface area contributed by atoms with E-state index in [1.807, 2.05) is 12.1 Å². The molecule has 0 aromatic heterocycles. The van der Waals surface area contributed by atoms with E-state index in [0.29, 0.717) is 24.1 Å². The average Bonchev–Trinajstić information content (AvgIpc) is 2.88. The minimum absolute atomic E-state index is 0.204. The Labute approximate surface area is 119 Å². The van der Waals surface area contributed by atoms with Gasteiger partial charge in [-0.05, 0) is 37.9 Å². The highest BCUT2D eigenvalue weighted by Gasteiger charge is 2.30. The third-order valence-corrected chi connectivity index (χ3v) is 4.49. The molecule has 0 spiro atoms. The Kier molecular flexibility index (Phi) is 5.20. The van der Waals surface area contributed by atoms with Gasteiger partial charge in [-0.25, -0.2) is 4.39 Å². The lowest BCUT2D eigenvalue weighted by Gasteiger charge is -2.32. The molecule has 1 fully saturated rings. The maximum Gasteiger partial charge on any atom is 0.146 e. The standard InChI is InChI=1S/C15H22ClFN2/c1-2-19(14-8-4-5-11(14)9-18)10-12-6-3-7-13(16)15(12)17/h3,6-7,11,14H,2,4-5,8-10,18H2,1H3. The van der Waals surface area contributed by atoms with Crippen LogP contribution >= 0.6 is 11.6 Å². The molecule has 0 bridgehead atoms. The number of rotatable bonds is 5. The van der Waals surface area contributed by atoms with E-state index in [2.05, 4.69) is 11.8 Å². The molecule has 1 saturated carbocycles. The zero-order valence-corrected chi connectivity index (χ0v) is 12.2. The third kappa shape index (κ3) is 3.28. The molecule has 2 rings (SSSR count). The van der Waals surface area contributed by atoms with E-state index in [1.54, 1.807) is 6.07 Å². The van der Waals surface area contributed by atoms with Crippen LogP contribution in [0.25, 0.3) is 0 Å². The molecule has 4 heteroatoms. The second kappa shape index (κ2) is 6.69. The van der Waals surface area contributed by atoms with Crippen LogP contribution in [-0.2, 0) is 6.54 Å². The first-order valence-electron chi connectivity index (χ1n) is 7.04. The van der Waals surface area contributed by atoms with Crippen molar-refractivity contribution >= 4 is 11.6 Å². The monoisotopic (exact) mass is 284 g/mol. The first kappa shape index (κ1) is 14.8. The summed E-state index contributed by atoms with van der Waals surface area (Å²) in [6.07, 6.45) is 3.58. The predicted molar refractivity (Wildman–Crippen MR) is 77.7 cm³/mol. The van der Waals surface area contributed by atoms with Gasteiger partial charge in [0.05, 0.1) is 5.02 Å². The van der Waals surface area contributed by atoms with E-state index in [4.69, 9.17) is 17.3 Å². The Balaban J connectivity index is 2.12. The lowest BCUT2D eigenvalue weighted by Crippen LogP contribution is -2.40. The van der Waals surface area contributed by atoms with Crippen LogP contribution in [0.1, 0.15) is 31.7 Å². The Morgan fingerprint density at radius 3 is 2.89 bits per heavy atom. The molecule has 1 aliphatic carbocycles. The molecule has 1 aromatic carbocycles. The lowest BCUT2D eigenvalue weighted by atomic mass is 10.0. The van der Waals surface area contributed by atoms with Gasteiger partial charge in [-0.2, -0.15) is 0 Å². The molecule has 0 saturated heterocycles. The summed E-state index contributed by atoms with van der Waals surface area (Å²) in [6.45, 7) is 4.37. The molecule has 0 aliphatic heterocycles. The third-order valence-electron chi connectivity index (χ3n) is 4.20. The van der Waals surface area contributed by atoms with Gasteiger partial charge in [0.2, 0.25) is 0 Å². The van der Waals surface area contributed by atoms with Gasteiger partial charge in [0, 0.05) is 18.2 Å². The first-order valence-corrected chi connectivity index (χ1v) is 7.42. The molecule has 0 amide bonds. The largest absolute Gasteiger partial charge is 0.330 e. The molecule has 2 atom stereocenters. The molecule has 2 unspecified atom stereocenters. The number of nitrogens with zero attached hydrogens (tertiary/aromatic N) is 1. The molecule has 0 radical (unpaired) electrons. The van der Waals surface area contributed by atoms with Gasteiger partial charge >= 0.3 is 0 Å². The van der Waals surface area contributed by atoms with Crippen LogP contribution < -0.4 is 5.73 Å². The highest BCUT2D eigenvalue weighted by Crippen LogP contribution is 2.30. The van der Waals surface area contributed by atoms with Crippen molar-refractivity contribution in [3.8, 4) is 0 Å². The molecule has 1 aromatic rings. The summed E-state index contributed by atoms with van der Waals surface area (Å²) in [5, 5.41) is 0.204. The quantitative estimate of drug-likeness (QED) is 0.898. The van der Waals surface area contributed by atoms with E-state index in [0.717, 1.165) is 19.5 Å². The summed E-state index contributed by atoms with van der Waals surface area (Å²) in [7, 11) is 0. The van der Waals surface area contributed by atoms with Crippen molar-refractivity contribution in [3.05, 3.63) is 34.6 Å². The highest BCUT2D eigenvalue weighted by molar-refractivity contribution is 6.30. The second-order valence-electron chi connectivity index (χ2n) is 5.27. The summed E-state index contributed by atoms with van der Waals surface area (Å²) in [6, 6.07) is 5.70. The summed E-state index contributed by atoms with van der Waals surface area (Å²) in [5.74, 6) is 0.257. The molecule has 1 aliphatic rings. The minimum Gasteiger partial charge on any atom is -0.330 e. The molecular formula is C15H22ClFN2. The Bertz CT molecular complexity index is 425. The van der Waals surface area contributed by atoms with E-state index in [9.17, 15) is 4.39 Å². The summed E-state index contributed by atoms with van der Waals surface area (Å²) >= 11 is 5.84. The van der Waals surface area contributed by atoms with Crippen molar-refractivity contribution < 1.29 is 4.39 Å². The number of halogens is 2. The Morgan fingerprint density at radius 1 is 1.42 bits per heavy atom. The molecular weight excluding hydrogens is 263 g/mol. The minimum atomic E-state index is -0.287. The van der Waals surface area contributed by atoms with E-state index < -0.39 is 0 Å². The summed E-state index contributed by atoms with van der Waals surface area (Å²) < 4.78 is 14.0. The van der Waals surface area contributed by atoms with Crippen LogP contribution in [0, 0.1) is 11.7 Å². The zero-order valence-electron chi connectivity index (χ0n) is 11.4. The van der Waals surface area contributed by atoms with Gasteiger partial charge in [0.15, 0.2) is 0 Å². The maximum absolute atomic E-state index is 14.0. The van der Waals surface area contributed by atoms with Gasteiger partial charge in [-0.3, -0.25) is 4.90 Å². The lowest BCUT2D eigenvalue weighted by molar-refractivity contribution is 0.160. The van der Waals surface area contributed by atoms with Gasteiger partial charge in [0.25, 0.3) is 0 Å². The molecule has 19 heavy (non-hydrogen) atoms. The van der Waals surface area contributed by atoms with E-state index in [-0.39, 0.29) is 10.8 Å². The summed E-state index contributed by atoms with van der Waals surface area (Å²) in [5.41, 5.74) is 6.52. The Morgan fingerprint density at radius 2 is 2.21 bits per heavy atom. The normalized spacial score (nSPS) is 23.2. The highest BCUT2D eigenvalue weighted by atomic mass is 35.5. The SMILES string of the molecule is CCN(Cc1cccc(Cl)c1F)C1CCCC1CN. The van der Waals surface area contributed by atoms with Crippen LogP contribution in [0.15, 0.2) is 18.2 Å². The molecule has 2 nitrogen and oxygen atoms in total. The van der Waals surface area contributed by atoms with Crippen molar-refractivity contribution in [1.29, 1.82) is 0 Å². The fourth-order valence-corrected chi connectivity index (χ4v) is 3.32. The molecule has 2 N–H and O–H groups in total. The van der Waals surface area contributed by atoms with Crippen LogP contribution in [-0.4, -0.2) is 24.0 Å². The first-order chi connectivity index (χ1) is 9.17. The predicted octanol–water partition coefficient (Wildman–Crippen LogP) is 3.43. The van der Waals surface area contributed by atoms with Crippen LogP contribution in [0.2, 0.25) is 5.02 Å². The maximum atomic E-state index is 14.0. The fraction of sp³-hybridized carbons (Fsp3) is 0.600. The number of benzene rings is 1. The van der Waals surface area contributed by atoms with Gasteiger partial charge in [0.1, 0.15) is 5.82 Å². The average molecular weight is 285 g/mol. The van der Waals surface area contributed by atoms with Crippen molar-refractivity contribution in [1.82, 2.24) is 4.90 Å². The molecule has 106 valence electrons.